The fourth-order valence-electron chi connectivity index (χ4n) is 1.63. The van der Waals surface area contributed by atoms with E-state index in [1.54, 1.807) is 6.08 Å². The molecule has 0 unspecified atom stereocenters. The van der Waals surface area contributed by atoms with Gasteiger partial charge in [0, 0.05) is 18.7 Å². The average molecular weight is 305 g/mol. The summed E-state index contributed by atoms with van der Waals surface area (Å²) in [5.41, 5.74) is 0.389. The first-order valence-corrected chi connectivity index (χ1v) is 6.23. The molecule has 0 aliphatic heterocycles. The average Bonchev–Trinajstić information content (AvgIpc) is 2.79. The second-order valence-electron chi connectivity index (χ2n) is 3.98. The third-order valence-corrected chi connectivity index (χ3v) is 2.81. The summed E-state index contributed by atoms with van der Waals surface area (Å²) in [6, 6.07) is 4.07. The Morgan fingerprint density at radius 1 is 1.62 bits per heavy atom. The molecule has 3 N–H and O–H groups in total. The van der Waals surface area contributed by atoms with Crippen molar-refractivity contribution < 1.29 is 10.0 Å². The highest BCUT2D eigenvalue weighted by atomic mass is 32.1. The second kappa shape index (κ2) is 6.09. The van der Waals surface area contributed by atoms with Crippen LogP contribution in [0.5, 0.6) is 5.75 Å². The van der Waals surface area contributed by atoms with Gasteiger partial charge >= 0.3 is 0 Å². The Balaban J connectivity index is 2.31. The van der Waals surface area contributed by atoms with E-state index in [4.69, 9.17) is 12.2 Å². The maximum atomic E-state index is 10.7. The molecule has 1 aromatic carbocycles. The molecule has 0 spiro atoms. The van der Waals surface area contributed by atoms with Crippen LogP contribution in [-0.4, -0.2) is 26.7 Å². The standard InChI is InChI=1S/C12H11N5O3S/c1-2-5-13-12(21)16-15-11-10(18)8-6-7(17(19)20)3-4-9(8)14-11/h2-4,6,14,18H,1,5H2,(H,13,21). The molecule has 0 bridgehead atoms. The van der Waals surface area contributed by atoms with Crippen LogP contribution >= 0.6 is 12.2 Å². The number of H-pyrrole nitrogens is 1. The molecule has 0 aliphatic rings. The van der Waals surface area contributed by atoms with Crippen LogP contribution in [0, 0.1) is 10.1 Å². The molecule has 9 heteroatoms. The lowest BCUT2D eigenvalue weighted by Crippen LogP contribution is -2.18. The van der Waals surface area contributed by atoms with Crippen LogP contribution in [0.25, 0.3) is 10.9 Å². The van der Waals surface area contributed by atoms with Gasteiger partial charge in [-0.3, -0.25) is 10.1 Å². The minimum atomic E-state index is -0.540. The smallest absolute Gasteiger partial charge is 0.270 e. The fraction of sp³-hybridized carbons (Fsp3) is 0.0833. The summed E-state index contributed by atoms with van der Waals surface area (Å²) in [4.78, 5) is 13.0. The van der Waals surface area contributed by atoms with Gasteiger partial charge in [0.05, 0.1) is 15.8 Å². The summed E-state index contributed by atoms with van der Waals surface area (Å²) in [6.07, 6.45) is 1.61. The van der Waals surface area contributed by atoms with Gasteiger partial charge in [-0.2, -0.15) is 0 Å². The molecule has 0 saturated heterocycles. The van der Waals surface area contributed by atoms with Crippen molar-refractivity contribution in [2.24, 2.45) is 10.2 Å². The van der Waals surface area contributed by atoms with E-state index in [0.717, 1.165) is 0 Å². The number of aromatic nitrogens is 1. The van der Waals surface area contributed by atoms with Gasteiger partial charge in [0.25, 0.3) is 5.69 Å². The molecule has 1 aromatic heterocycles. The summed E-state index contributed by atoms with van der Waals surface area (Å²) in [7, 11) is 0. The lowest BCUT2D eigenvalue weighted by molar-refractivity contribution is -0.384. The highest BCUT2D eigenvalue weighted by molar-refractivity contribution is 7.80. The van der Waals surface area contributed by atoms with Gasteiger partial charge in [-0.05, 0) is 18.3 Å². The highest BCUT2D eigenvalue weighted by Gasteiger charge is 2.14. The Morgan fingerprint density at radius 2 is 2.38 bits per heavy atom. The minimum absolute atomic E-state index is 0.0771. The van der Waals surface area contributed by atoms with Crippen molar-refractivity contribution in [2.75, 3.05) is 6.54 Å². The Kier molecular flexibility index (Phi) is 4.24. The van der Waals surface area contributed by atoms with E-state index in [1.807, 2.05) is 0 Å². The van der Waals surface area contributed by atoms with Gasteiger partial charge in [-0.15, -0.1) is 16.8 Å². The number of hydrogen-bond acceptors (Lipinski definition) is 5. The predicted molar refractivity (Wildman–Crippen MR) is 81.9 cm³/mol. The number of non-ortho nitro benzene ring substituents is 1. The van der Waals surface area contributed by atoms with Gasteiger partial charge in [0.1, 0.15) is 0 Å². The molecular weight excluding hydrogens is 294 g/mol. The number of hydrogen-bond donors (Lipinski definition) is 3. The van der Waals surface area contributed by atoms with Gasteiger partial charge in [0.15, 0.2) is 11.6 Å². The molecular formula is C12H11N5O3S. The van der Waals surface area contributed by atoms with E-state index in [1.165, 1.54) is 18.2 Å². The molecule has 21 heavy (non-hydrogen) atoms. The summed E-state index contributed by atoms with van der Waals surface area (Å²) in [5, 5.41) is 31.4. The summed E-state index contributed by atoms with van der Waals surface area (Å²) < 4.78 is 0. The molecule has 2 rings (SSSR count). The lowest BCUT2D eigenvalue weighted by atomic mass is 10.2. The van der Waals surface area contributed by atoms with E-state index in [2.05, 4.69) is 27.1 Å². The molecule has 0 radical (unpaired) electrons. The number of thiocarbonyl (C=S) groups is 1. The summed E-state index contributed by atoms with van der Waals surface area (Å²) in [6.45, 7) is 3.97. The van der Waals surface area contributed by atoms with Crippen LogP contribution < -0.4 is 5.32 Å². The minimum Gasteiger partial charge on any atom is -0.504 e. The third-order valence-electron chi connectivity index (χ3n) is 2.58. The lowest BCUT2D eigenvalue weighted by Gasteiger charge is -1.96. The predicted octanol–water partition coefficient (Wildman–Crippen LogP) is 2.93. The number of nitrogens with one attached hydrogen (secondary N) is 2. The van der Waals surface area contributed by atoms with Crippen LogP contribution in [-0.2, 0) is 0 Å². The zero-order valence-electron chi connectivity index (χ0n) is 10.7. The largest absolute Gasteiger partial charge is 0.504 e. The number of benzene rings is 1. The molecule has 0 amide bonds. The Hall–Kier alpha value is -2.81. The van der Waals surface area contributed by atoms with Crippen molar-refractivity contribution in [1.82, 2.24) is 10.3 Å². The van der Waals surface area contributed by atoms with Gasteiger partial charge in [0.2, 0.25) is 5.11 Å². The molecule has 8 nitrogen and oxygen atoms in total. The van der Waals surface area contributed by atoms with Crippen molar-refractivity contribution in [3.05, 3.63) is 41.0 Å². The quantitative estimate of drug-likeness (QED) is 0.264. The Labute approximate surface area is 124 Å². The number of rotatable bonds is 4. The molecule has 0 aliphatic carbocycles. The zero-order valence-corrected chi connectivity index (χ0v) is 11.6. The molecule has 2 aromatic rings. The topological polar surface area (TPSA) is 116 Å². The summed E-state index contributed by atoms with van der Waals surface area (Å²) >= 11 is 4.89. The van der Waals surface area contributed by atoms with E-state index >= 15 is 0 Å². The zero-order chi connectivity index (χ0) is 15.4. The van der Waals surface area contributed by atoms with Gasteiger partial charge < -0.3 is 15.4 Å². The molecule has 0 saturated carbocycles. The Morgan fingerprint density at radius 3 is 3.05 bits per heavy atom. The van der Waals surface area contributed by atoms with Gasteiger partial charge in [-0.1, -0.05) is 6.08 Å². The van der Waals surface area contributed by atoms with Crippen LogP contribution in [0.1, 0.15) is 0 Å². The van der Waals surface area contributed by atoms with Crippen LogP contribution in [0.4, 0.5) is 11.5 Å². The number of aromatic amines is 1. The third kappa shape index (κ3) is 3.20. The first-order valence-electron chi connectivity index (χ1n) is 5.82. The fourth-order valence-corrected chi connectivity index (χ4v) is 1.75. The summed E-state index contributed by atoms with van der Waals surface area (Å²) in [5.74, 6) is -0.141. The molecule has 1 heterocycles. The van der Waals surface area contributed by atoms with Crippen molar-refractivity contribution >= 4 is 39.7 Å². The normalized spacial score (nSPS) is 10.9. The number of nitro benzene ring substituents is 1. The SMILES string of the molecule is C=CCNC(=S)N=Nc1[nH]c2ccc([N+](=O)[O-])cc2c1O. The number of nitro groups is 1. The van der Waals surface area contributed by atoms with Crippen molar-refractivity contribution in [2.45, 2.75) is 0 Å². The Bertz CT molecular complexity index is 753. The van der Waals surface area contributed by atoms with Gasteiger partial charge in [-0.25, -0.2) is 0 Å². The van der Waals surface area contributed by atoms with Crippen molar-refractivity contribution in [3.63, 3.8) is 0 Å². The number of azo groups is 1. The van der Waals surface area contributed by atoms with E-state index in [9.17, 15) is 15.2 Å². The van der Waals surface area contributed by atoms with Crippen LogP contribution in [0.2, 0.25) is 0 Å². The van der Waals surface area contributed by atoms with E-state index in [-0.39, 0.29) is 22.4 Å². The molecule has 108 valence electrons. The van der Waals surface area contributed by atoms with Crippen LogP contribution in [0.3, 0.4) is 0 Å². The maximum absolute atomic E-state index is 10.7. The first-order chi connectivity index (χ1) is 10.0. The monoisotopic (exact) mass is 305 g/mol. The number of nitrogens with zero attached hydrogens (tertiary/aromatic N) is 3. The highest BCUT2D eigenvalue weighted by Crippen LogP contribution is 2.36. The maximum Gasteiger partial charge on any atom is 0.270 e. The first kappa shape index (κ1) is 14.6. The van der Waals surface area contributed by atoms with Crippen molar-refractivity contribution in [1.29, 1.82) is 0 Å². The molecule has 0 atom stereocenters. The van der Waals surface area contributed by atoms with Crippen molar-refractivity contribution in [3.8, 4) is 5.75 Å². The number of fused-ring (bicyclic) bond motifs is 1. The van der Waals surface area contributed by atoms with Crippen LogP contribution in [0.15, 0.2) is 41.1 Å². The number of aromatic hydroxyl groups is 1. The molecule has 0 fully saturated rings. The van der Waals surface area contributed by atoms with E-state index in [0.29, 0.717) is 17.4 Å². The second-order valence-corrected chi connectivity index (χ2v) is 4.37. The van der Waals surface area contributed by atoms with E-state index < -0.39 is 4.92 Å².